The summed E-state index contributed by atoms with van der Waals surface area (Å²) in [6, 6.07) is 0. The molecule has 12 heavy (non-hydrogen) atoms. The minimum Gasteiger partial charge on any atom is -0.436 e. The van der Waals surface area contributed by atoms with Crippen LogP contribution in [0.25, 0.3) is 0 Å². The number of carbonyl (C=O) groups excluding carboxylic acids is 2. The molecular weight excluding hydrogens is 160 g/mol. The normalized spacial score (nSPS) is 12.2. The van der Waals surface area contributed by atoms with Crippen LogP contribution in [0.5, 0.6) is 0 Å². The molecule has 0 saturated carbocycles. The molecule has 0 heterocycles. The van der Waals surface area contributed by atoms with Crippen LogP contribution in [-0.4, -0.2) is 25.2 Å². The largest absolute Gasteiger partial charge is 0.436 e. The van der Waals surface area contributed by atoms with Crippen molar-refractivity contribution in [1.82, 2.24) is 0 Å². The highest BCUT2D eigenvalue weighted by Gasteiger charge is 2.10. The predicted molar refractivity (Wildman–Crippen MR) is 42.5 cm³/mol. The van der Waals surface area contributed by atoms with Crippen molar-refractivity contribution in [2.24, 2.45) is 0 Å². The predicted octanol–water partition coefficient (Wildman–Crippen LogP) is 0.891. The van der Waals surface area contributed by atoms with Crippen molar-refractivity contribution in [2.45, 2.75) is 33.0 Å². The standard InChI is InChI=1S/C8H14O4/c1-3-11-8(5-4-6-9)12-7(2)10/h6,8H,3-5H2,1-2H3. The molecule has 70 valence electrons. The number of carbonyl (C=O) groups is 2. The van der Waals surface area contributed by atoms with E-state index in [0.717, 1.165) is 6.29 Å². The molecule has 0 saturated heterocycles. The first kappa shape index (κ1) is 11.1. The molecule has 0 spiro atoms. The Bertz CT molecular complexity index is 144. The minimum atomic E-state index is -0.572. The third-order valence-electron chi connectivity index (χ3n) is 1.17. The van der Waals surface area contributed by atoms with Gasteiger partial charge in [-0.1, -0.05) is 0 Å². The van der Waals surface area contributed by atoms with E-state index in [0.29, 0.717) is 19.4 Å². The summed E-state index contributed by atoms with van der Waals surface area (Å²) in [5.74, 6) is -0.389. The Morgan fingerprint density at radius 3 is 2.67 bits per heavy atom. The Labute approximate surface area is 71.8 Å². The average Bonchev–Trinajstić information content (AvgIpc) is 2.00. The molecule has 4 heteroatoms. The maximum Gasteiger partial charge on any atom is 0.304 e. The third-order valence-corrected chi connectivity index (χ3v) is 1.17. The van der Waals surface area contributed by atoms with E-state index in [2.05, 4.69) is 0 Å². The molecule has 0 aliphatic rings. The zero-order chi connectivity index (χ0) is 9.40. The van der Waals surface area contributed by atoms with Gasteiger partial charge in [0.25, 0.3) is 0 Å². The molecule has 0 aromatic heterocycles. The van der Waals surface area contributed by atoms with Crippen LogP contribution in [0.1, 0.15) is 26.7 Å². The van der Waals surface area contributed by atoms with Gasteiger partial charge in [0, 0.05) is 26.4 Å². The van der Waals surface area contributed by atoms with Crippen molar-refractivity contribution in [3.8, 4) is 0 Å². The van der Waals surface area contributed by atoms with Crippen molar-refractivity contribution in [3.05, 3.63) is 0 Å². The second kappa shape index (κ2) is 6.79. The number of esters is 1. The van der Waals surface area contributed by atoms with Gasteiger partial charge in [-0.3, -0.25) is 4.79 Å². The van der Waals surface area contributed by atoms with Crippen molar-refractivity contribution in [3.63, 3.8) is 0 Å². The summed E-state index contributed by atoms with van der Waals surface area (Å²) >= 11 is 0. The lowest BCUT2D eigenvalue weighted by Crippen LogP contribution is -2.20. The highest BCUT2D eigenvalue weighted by molar-refractivity contribution is 5.66. The summed E-state index contributed by atoms with van der Waals surface area (Å²) in [5, 5.41) is 0. The number of hydrogen-bond acceptors (Lipinski definition) is 4. The maximum absolute atomic E-state index is 10.5. The van der Waals surface area contributed by atoms with E-state index in [1.807, 2.05) is 0 Å². The van der Waals surface area contributed by atoms with E-state index in [9.17, 15) is 9.59 Å². The van der Waals surface area contributed by atoms with E-state index in [4.69, 9.17) is 9.47 Å². The first-order valence-corrected chi connectivity index (χ1v) is 3.93. The van der Waals surface area contributed by atoms with Gasteiger partial charge in [0.05, 0.1) is 0 Å². The van der Waals surface area contributed by atoms with Crippen LogP contribution in [0, 0.1) is 0 Å². The zero-order valence-corrected chi connectivity index (χ0v) is 7.41. The van der Waals surface area contributed by atoms with Crippen molar-refractivity contribution >= 4 is 12.3 Å². The first-order valence-electron chi connectivity index (χ1n) is 3.93. The summed E-state index contributed by atoms with van der Waals surface area (Å²) in [6.07, 6.45) is 0.974. The van der Waals surface area contributed by atoms with Gasteiger partial charge in [-0.2, -0.15) is 0 Å². The van der Waals surface area contributed by atoms with Gasteiger partial charge in [-0.05, 0) is 6.92 Å². The molecule has 0 aliphatic heterocycles. The van der Waals surface area contributed by atoms with E-state index in [1.54, 1.807) is 6.92 Å². The maximum atomic E-state index is 10.5. The van der Waals surface area contributed by atoms with Crippen LogP contribution < -0.4 is 0 Å². The molecule has 0 rings (SSSR count). The number of ether oxygens (including phenoxy) is 2. The fourth-order valence-electron chi connectivity index (χ4n) is 0.751. The van der Waals surface area contributed by atoms with Crippen LogP contribution in [0.4, 0.5) is 0 Å². The lowest BCUT2D eigenvalue weighted by molar-refractivity contribution is -0.176. The minimum absolute atomic E-state index is 0.345. The van der Waals surface area contributed by atoms with E-state index in [-0.39, 0.29) is 5.97 Å². The second-order valence-electron chi connectivity index (χ2n) is 2.24. The number of aldehydes is 1. The first-order chi connectivity index (χ1) is 5.70. The fraction of sp³-hybridized carbons (Fsp3) is 0.750. The second-order valence-corrected chi connectivity index (χ2v) is 2.24. The van der Waals surface area contributed by atoms with Crippen molar-refractivity contribution in [2.75, 3.05) is 6.61 Å². The summed E-state index contributed by atoms with van der Waals surface area (Å²) in [4.78, 5) is 20.5. The van der Waals surface area contributed by atoms with Gasteiger partial charge in [-0.25, -0.2) is 0 Å². The molecule has 1 unspecified atom stereocenters. The van der Waals surface area contributed by atoms with Gasteiger partial charge in [-0.15, -0.1) is 0 Å². The zero-order valence-electron chi connectivity index (χ0n) is 7.41. The number of rotatable bonds is 6. The number of hydrogen-bond donors (Lipinski definition) is 0. The Hall–Kier alpha value is -0.900. The molecule has 0 bridgehead atoms. The SMILES string of the molecule is CCOC(CCC=O)OC(C)=O. The Balaban J connectivity index is 3.68. The third kappa shape index (κ3) is 5.85. The molecule has 0 fully saturated rings. The summed E-state index contributed by atoms with van der Waals surface area (Å²) in [7, 11) is 0. The van der Waals surface area contributed by atoms with Crippen LogP contribution in [0.3, 0.4) is 0 Å². The van der Waals surface area contributed by atoms with Crippen molar-refractivity contribution < 1.29 is 19.1 Å². The Kier molecular flexibility index (Phi) is 6.28. The fourth-order valence-corrected chi connectivity index (χ4v) is 0.751. The lowest BCUT2D eigenvalue weighted by atomic mass is 10.3. The molecule has 0 radical (unpaired) electrons. The molecule has 0 aliphatic carbocycles. The van der Waals surface area contributed by atoms with E-state index < -0.39 is 6.29 Å². The van der Waals surface area contributed by atoms with Crippen molar-refractivity contribution in [1.29, 1.82) is 0 Å². The molecular formula is C8H14O4. The lowest BCUT2D eigenvalue weighted by Gasteiger charge is -2.14. The van der Waals surface area contributed by atoms with Crippen LogP contribution in [0.15, 0.2) is 0 Å². The van der Waals surface area contributed by atoms with Gasteiger partial charge in [0.1, 0.15) is 6.29 Å². The molecule has 0 aromatic carbocycles. The highest BCUT2D eigenvalue weighted by atomic mass is 16.7. The van der Waals surface area contributed by atoms with Gasteiger partial charge < -0.3 is 14.3 Å². The highest BCUT2D eigenvalue weighted by Crippen LogP contribution is 2.03. The van der Waals surface area contributed by atoms with E-state index >= 15 is 0 Å². The smallest absolute Gasteiger partial charge is 0.304 e. The van der Waals surface area contributed by atoms with Crippen LogP contribution in [0.2, 0.25) is 0 Å². The topological polar surface area (TPSA) is 52.6 Å². The van der Waals surface area contributed by atoms with Crippen LogP contribution in [-0.2, 0) is 19.1 Å². The van der Waals surface area contributed by atoms with Gasteiger partial charge in [0.15, 0.2) is 0 Å². The summed E-state index contributed by atoms with van der Waals surface area (Å²) in [5.41, 5.74) is 0. The Morgan fingerprint density at radius 2 is 2.25 bits per heavy atom. The average molecular weight is 174 g/mol. The molecule has 1 atom stereocenters. The van der Waals surface area contributed by atoms with Gasteiger partial charge in [0.2, 0.25) is 6.29 Å². The van der Waals surface area contributed by atoms with Gasteiger partial charge >= 0.3 is 5.97 Å². The summed E-state index contributed by atoms with van der Waals surface area (Å²) < 4.78 is 9.83. The molecule has 0 N–H and O–H groups in total. The quantitative estimate of drug-likeness (QED) is 0.341. The van der Waals surface area contributed by atoms with Crippen LogP contribution >= 0.6 is 0 Å². The molecule has 0 aromatic rings. The van der Waals surface area contributed by atoms with E-state index in [1.165, 1.54) is 6.92 Å². The Morgan fingerprint density at radius 1 is 1.58 bits per heavy atom. The molecule has 4 nitrogen and oxygen atoms in total. The summed E-state index contributed by atoms with van der Waals surface area (Å²) in [6.45, 7) is 3.58. The molecule has 0 amide bonds. The monoisotopic (exact) mass is 174 g/mol.